The monoisotopic (exact) mass is 600 g/mol. The van der Waals surface area contributed by atoms with Crippen LogP contribution in [0.3, 0.4) is 0 Å². The van der Waals surface area contributed by atoms with E-state index in [1.54, 1.807) is 25.3 Å². The van der Waals surface area contributed by atoms with Crippen LogP contribution in [-0.4, -0.2) is 40.7 Å². The van der Waals surface area contributed by atoms with E-state index >= 15 is 0 Å². The number of aromatic carboxylic acids is 1. The fourth-order valence-corrected chi connectivity index (χ4v) is 5.12. The zero-order valence-electron chi connectivity index (χ0n) is 19.9. The molecule has 10 heteroatoms. The van der Waals surface area contributed by atoms with Crippen LogP contribution >= 0.6 is 39.3 Å². The van der Waals surface area contributed by atoms with Gasteiger partial charge in [-0.1, -0.05) is 29.8 Å². The van der Waals surface area contributed by atoms with Crippen LogP contribution in [0.2, 0.25) is 5.02 Å². The van der Waals surface area contributed by atoms with Crippen molar-refractivity contribution in [2.75, 3.05) is 13.7 Å². The number of likely N-dealkylation sites (N-methyl/N-ethyl adjacent to an activating group) is 1. The SMILES string of the molecule is CCOc1cc(/C=C2/SC(=Nc3cccc(C(=O)O)c3)N(C)C2=O)cc(Br)c1OCc1ccc(Cl)cc1. The summed E-state index contributed by atoms with van der Waals surface area (Å²) in [5.74, 6) is -0.152. The molecular weight excluding hydrogens is 580 g/mol. The maximum absolute atomic E-state index is 12.9. The summed E-state index contributed by atoms with van der Waals surface area (Å²) in [7, 11) is 1.63. The number of carboxylic acid groups (broad SMARTS) is 1. The second kappa shape index (κ2) is 11.9. The summed E-state index contributed by atoms with van der Waals surface area (Å²) in [5, 5.41) is 10.3. The number of amidine groups is 1. The third-order valence-electron chi connectivity index (χ3n) is 5.25. The number of ether oxygens (including phenoxy) is 2. The lowest BCUT2D eigenvalue weighted by Gasteiger charge is -2.15. The van der Waals surface area contributed by atoms with E-state index in [9.17, 15) is 14.7 Å². The normalized spacial score (nSPS) is 15.5. The Morgan fingerprint density at radius 2 is 1.92 bits per heavy atom. The third kappa shape index (κ3) is 6.54. The molecule has 7 nitrogen and oxygen atoms in total. The first-order valence-corrected chi connectivity index (χ1v) is 13.2. The van der Waals surface area contributed by atoms with Crippen molar-refractivity contribution >= 4 is 68.1 Å². The van der Waals surface area contributed by atoms with Gasteiger partial charge in [0.15, 0.2) is 16.7 Å². The summed E-state index contributed by atoms with van der Waals surface area (Å²) in [4.78, 5) is 30.6. The van der Waals surface area contributed by atoms with Crippen molar-refractivity contribution in [3.8, 4) is 11.5 Å². The minimum absolute atomic E-state index is 0.126. The molecule has 3 aromatic carbocycles. The highest BCUT2D eigenvalue weighted by Gasteiger charge is 2.30. The lowest BCUT2D eigenvalue weighted by Crippen LogP contribution is -2.23. The Kier molecular flexibility index (Phi) is 8.58. The van der Waals surface area contributed by atoms with E-state index in [0.29, 0.717) is 50.0 Å². The third-order valence-corrected chi connectivity index (χ3v) is 7.15. The van der Waals surface area contributed by atoms with Gasteiger partial charge in [0.05, 0.1) is 27.2 Å². The van der Waals surface area contributed by atoms with Crippen LogP contribution in [0.15, 0.2) is 75.0 Å². The first-order valence-electron chi connectivity index (χ1n) is 11.2. The summed E-state index contributed by atoms with van der Waals surface area (Å²) >= 11 is 10.7. The predicted octanol–water partition coefficient (Wildman–Crippen LogP) is 7.01. The molecule has 1 aliphatic heterocycles. The molecule has 0 unspecified atom stereocenters. The molecule has 0 saturated carbocycles. The molecule has 0 bridgehead atoms. The van der Waals surface area contributed by atoms with Crippen molar-refractivity contribution in [1.82, 2.24) is 4.90 Å². The Bertz CT molecular complexity index is 1410. The Morgan fingerprint density at radius 3 is 2.62 bits per heavy atom. The molecule has 1 heterocycles. The zero-order chi connectivity index (χ0) is 26.5. The average Bonchev–Trinajstić information content (AvgIpc) is 3.12. The van der Waals surface area contributed by atoms with Crippen LogP contribution < -0.4 is 9.47 Å². The number of thioether (sulfide) groups is 1. The number of hydrogen-bond acceptors (Lipinski definition) is 6. The van der Waals surface area contributed by atoms with Crippen LogP contribution in [0.25, 0.3) is 6.08 Å². The van der Waals surface area contributed by atoms with E-state index in [4.69, 9.17) is 21.1 Å². The van der Waals surface area contributed by atoms with Crippen LogP contribution in [-0.2, 0) is 11.4 Å². The van der Waals surface area contributed by atoms with Crippen molar-refractivity contribution in [3.63, 3.8) is 0 Å². The van der Waals surface area contributed by atoms with Crippen LogP contribution in [0.4, 0.5) is 5.69 Å². The molecule has 1 N–H and O–H groups in total. The number of nitrogens with zero attached hydrogens (tertiary/aromatic N) is 2. The maximum Gasteiger partial charge on any atom is 0.335 e. The molecule has 0 aromatic heterocycles. The number of carbonyl (C=O) groups is 2. The topological polar surface area (TPSA) is 88.4 Å². The van der Waals surface area contributed by atoms with E-state index in [-0.39, 0.29) is 11.5 Å². The molecule has 0 aliphatic carbocycles. The Hall–Kier alpha value is -3.27. The highest BCUT2D eigenvalue weighted by molar-refractivity contribution is 9.10. The first-order chi connectivity index (χ1) is 17.7. The second-order valence-electron chi connectivity index (χ2n) is 7.90. The number of amides is 1. The van der Waals surface area contributed by atoms with Crippen LogP contribution in [0.5, 0.6) is 11.5 Å². The highest BCUT2D eigenvalue weighted by Crippen LogP contribution is 2.40. The van der Waals surface area contributed by atoms with Gasteiger partial charge in [-0.2, -0.15) is 0 Å². The van der Waals surface area contributed by atoms with Crippen LogP contribution in [0, 0.1) is 0 Å². The van der Waals surface area contributed by atoms with Gasteiger partial charge in [-0.05, 0) is 94.3 Å². The van der Waals surface area contributed by atoms with Crippen molar-refractivity contribution < 1.29 is 24.2 Å². The fourth-order valence-electron chi connectivity index (χ4n) is 3.43. The smallest absolute Gasteiger partial charge is 0.335 e. The van der Waals surface area contributed by atoms with Crippen molar-refractivity contribution in [2.24, 2.45) is 4.99 Å². The number of carbonyl (C=O) groups excluding carboxylic acids is 1. The first kappa shape index (κ1) is 26.8. The van der Waals surface area contributed by atoms with Crippen molar-refractivity contribution in [3.05, 3.63) is 91.8 Å². The summed E-state index contributed by atoms with van der Waals surface area (Å²) in [6.45, 7) is 2.65. The quantitative estimate of drug-likeness (QED) is 0.279. The van der Waals surface area contributed by atoms with E-state index in [1.165, 1.54) is 28.8 Å². The molecular formula is C27H22BrClN2O5S. The van der Waals surface area contributed by atoms with Gasteiger partial charge in [0.25, 0.3) is 5.91 Å². The maximum atomic E-state index is 12.9. The van der Waals surface area contributed by atoms with Crippen molar-refractivity contribution in [1.29, 1.82) is 0 Å². The largest absolute Gasteiger partial charge is 0.490 e. The molecule has 4 rings (SSSR count). The van der Waals surface area contributed by atoms with Gasteiger partial charge in [-0.25, -0.2) is 9.79 Å². The summed E-state index contributed by atoms with van der Waals surface area (Å²) in [6.07, 6.45) is 1.76. The standard InChI is InChI=1S/C27H22BrClN2O5S/c1-3-35-22-12-17(11-21(28)24(22)36-15-16-7-9-19(29)10-8-16)13-23-25(32)31(2)27(37-23)30-20-6-4-5-18(14-20)26(33)34/h4-14H,3,15H2,1-2H3,(H,33,34)/b23-13+,30-27?. The predicted molar refractivity (Wildman–Crippen MR) is 150 cm³/mol. The van der Waals surface area contributed by atoms with Gasteiger partial charge in [-0.15, -0.1) is 0 Å². The van der Waals surface area contributed by atoms with Gasteiger partial charge in [-0.3, -0.25) is 9.69 Å². The summed E-state index contributed by atoms with van der Waals surface area (Å²) in [6, 6.07) is 17.3. The molecule has 0 atom stereocenters. The lowest BCUT2D eigenvalue weighted by atomic mass is 10.1. The molecule has 3 aromatic rings. The van der Waals surface area contributed by atoms with Gasteiger partial charge in [0, 0.05) is 12.1 Å². The molecule has 1 saturated heterocycles. The van der Waals surface area contributed by atoms with E-state index < -0.39 is 5.97 Å². The molecule has 37 heavy (non-hydrogen) atoms. The Balaban J connectivity index is 1.59. The molecule has 190 valence electrons. The highest BCUT2D eigenvalue weighted by atomic mass is 79.9. The Labute approximate surface area is 231 Å². The van der Waals surface area contributed by atoms with Gasteiger partial charge in [0.2, 0.25) is 0 Å². The second-order valence-corrected chi connectivity index (χ2v) is 10.2. The average molecular weight is 602 g/mol. The summed E-state index contributed by atoms with van der Waals surface area (Å²) in [5.41, 5.74) is 2.28. The summed E-state index contributed by atoms with van der Waals surface area (Å²) < 4.78 is 12.6. The van der Waals surface area contributed by atoms with E-state index in [1.807, 2.05) is 43.3 Å². The zero-order valence-corrected chi connectivity index (χ0v) is 23.1. The number of rotatable bonds is 8. The number of hydrogen-bond donors (Lipinski definition) is 1. The molecule has 1 aliphatic rings. The number of benzene rings is 3. The number of carboxylic acids is 1. The lowest BCUT2D eigenvalue weighted by molar-refractivity contribution is -0.121. The van der Waals surface area contributed by atoms with Gasteiger partial charge < -0.3 is 14.6 Å². The van der Waals surface area contributed by atoms with E-state index in [0.717, 1.165) is 11.1 Å². The van der Waals surface area contributed by atoms with Gasteiger partial charge >= 0.3 is 5.97 Å². The molecule has 0 radical (unpaired) electrons. The molecule has 1 amide bonds. The minimum Gasteiger partial charge on any atom is -0.490 e. The Morgan fingerprint density at radius 1 is 1.16 bits per heavy atom. The minimum atomic E-state index is -1.04. The van der Waals surface area contributed by atoms with E-state index in [2.05, 4.69) is 20.9 Å². The van der Waals surface area contributed by atoms with Gasteiger partial charge in [0.1, 0.15) is 6.61 Å². The number of halogens is 2. The van der Waals surface area contributed by atoms with Crippen LogP contribution in [0.1, 0.15) is 28.4 Å². The molecule has 0 spiro atoms. The molecule has 1 fully saturated rings. The number of aliphatic imine (C=N–C) groups is 1. The van der Waals surface area contributed by atoms with Crippen molar-refractivity contribution in [2.45, 2.75) is 13.5 Å². The fraction of sp³-hybridized carbons (Fsp3) is 0.148.